The molecule has 0 spiro atoms. The number of amides is 1. The minimum absolute atomic E-state index is 0.138. The zero-order valence-corrected chi connectivity index (χ0v) is 11.5. The van der Waals surface area contributed by atoms with Crippen molar-refractivity contribution in [3.8, 4) is 0 Å². The molecule has 6 nitrogen and oxygen atoms in total. The number of aryl methyl sites for hydroxylation is 2. The number of carbonyl (C=O) groups excluding carboxylic acids is 1. The molecule has 0 aliphatic heterocycles. The van der Waals surface area contributed by atoms with Gasteiger partial charge in [0.2, 0.25) is 0 Å². The van der Waals surface area contributed by atoms with E-state index in [9.17, 15) is 14.7 Å². The van der Waals surface area contributed by atoms with Crippen molar-refractivity contribution < 1.29 is 24.2 Å². The number of carboxylic acid groups (broad SMARTS) is 1. The van der Waals surface area contributed by atoms with Crippen LogP contribution < -0.4 is 5.32 Å². The second kappa shape index (κ2) is 5.44. The Labute approximate surface area is 111 Å². The summed E-state index contributed by atoms with van der Waals surface area (Å²) in [6.45, 7) is 6.45. The Morgan fingerprint density at radius 2 is 1.84 bits per heavy atom. The summed E-state index contributed by atoms with van der Waals surface area (Å²) < 4.78 is 5.35. The first-order chi connectivity index (χ1) is 8.64. The molecule has 6 heteroatoms. The van der Waals surface area contributed by atoms with E-state index < -0.39 is 18.0 Å². The average Bonchev–Trinajstić information content (AvgIpc) is 2.48. The van der Waals surface area contributed by atoms with E-state index in [2.05, 4.69) is 5.32 Å². The number of hydrogen-bond acceptors (Lipinski definition) is 4. The summed E-state index contributed by atoms with van der Waals surface area (Å²) in [5, 5.41) is 21.0. The van der Waals surface area contributed by atoms with Gasteiger partial charge in [0.15, 0.2) is 0 Å². The Morgan fingerprint density at radius 3 is 2.26 bits per heavy atom. The summed E-state index contributed by atoms with van der Waals surface area (Å²) in [5.41, 5.74) is -0.307. The predicted octanol–water partition coefficient (Wildman–Crippen LogP) is 1.16. The molecule has 19 heavy (non-hydrogen) atoms. The zero-order chi connectivity index (χ0) is 14.8. The van der Waals surface area contributed by atoms with Gasteiger partial charge in [0.25, 0.3) is 5.91 Å². The number of aliphatic hydroxyl groups is 1. The zero-order valence-electron chi connectivity index (χ0n) is 11.5. The number of carboxylic acids is 1. The van der Waals surface area contributed by atoms with Gasteiger partial charge < -0.3 is 19.9 Å². The third-order valence-electron chi connectivity index (χ3n) is 2.95. The van der Waals surface area contributed by atoms with Crippen LogP contribution in [0.2, 0.25) is 0 Å². The van der Waals surface area contributed by atoms with Gasteiger partial charge in [-0.25, -0.2) is 0 Å². The Hall–Kier alpha value is -1.82. The van der Waals surface area contributed by atoms with Crippen LogP contribution in [0.25, 0.3) is 0 Å². The first-order valence-electron chi connectivity index (χ1n) is 5.93. The Balaban J connectivity index is 2.73. The molecule has 0 aliphatic carbocycles. The van der Waals surface area contributed by atoms with Crippen molar-refractivity contribution >= 4 is 11.9 Å². The fourth-order valence-corrected chi connectivity index (χ4v) is 1.87. The molecule has 0 aromatic carbocycles. The third-order valence-corrected chi connectivity index (χ3v) is 2.95. The Morgan fingerprint density at radius 1 is 1.26 bits per heavy atom. The molecule has 1 aromatic heterocycles. The summed E-state index contributed by atoms with van der Waals surface area (Å²) in [7, 11) is 0. The number of nitrogens with one attached hydrogen (secondary N) is 1. The molecule has 106 valence electrons. The molecule has 0 fully saturated rings. The summed E-state index contributed by atoms with van der Waals surface area (Å²) in [4.78, 5) is 22.6. The van der Waals surface area contributed by atoms with Crippen molar-refractivity contribution in [2.75, 3.05) is 6.54 Å². The van der Waals surface area contributed by atoms with Crippen LogP contribution in [-0.2, 0) is 4.79 Å². The lowest BCUT2D eigenvalue weighted by atomic mass is 10.0. The lowest BCUT2D eigenvalue weighted by Gasteiger charge is -2.21. The van der Waals surface area contributed by atoms with Gasteiger partial charge in [0, 0.05) is 12.1 Å². The SMILES string of the molecule is Cc1oc(C)c(C(=O)NCC(C)(O)CC(=O)O)c1C. The maximum Gasteiger partial charge on any atom is 0.306 e. The standard InChI is InChI=1S/C13H19NO5/c1-7-8(2)19-9(3)11(7)12(17)14-6-13(4,18)5-10(15)16/h18H,5-6H2,1-4H3,(H,14,17)(H,15,16). The van der Waals surface area contributed by atoms with Crippen LogP contribution in [0.3, 0.4) is 0 Å². The van der Waals surface area contributed by atoms with E-state index in [1.54, 1.807) is 20.8 Å². The predicted molar refractivity (Wildman–Crippen MR) is 68.1 cm³/mol. The van der Waals surface area contributed by atoms with Crippen molar-refractivity contribution in [3.05, 3.63) is 22.6 Å². The van der Waals surface area contributed by atoms with Gasteiger partial charge in [-0.3, -0.25) is 9.59 Å². The molecule has 0 aliphatic rings. The molecular formula is C13H19NO5. The molecule has 1 rings (SSSR count). The summed E-state index contributed by atoms with van der Waals surface area (Å²) in [6, 6.07) is 0. The molecule has 1 aromatic rings. The number of furan rings is 1. The van der Waals surface area contributed by atoms with Crippen LogP contribution in [0.5, 0.6) is 0 Å². The third kappa shape index (κ3) is 3.82. The lowest BCUT2D eigenvalue weighted by Crippen LogP contribution is -2.42. The van der Waals surface area contributed by atoms with Crippen LogP contribution in [0.15, 0.2) is 4.42 Å². The quantitative estimate of drug-likeness (QED) is 0.744. The first-order valence-corrected chi connectivity index (χ1v) is 5.93. The van der Waals surface area contributed by atoms with E-state index in [4.69, 9.17) is 9.52 Å². The molecule has 0 saturated heterocycles. The number of hydrogen-bond donors (Lipinski definition) is 3. The maximum absolute atomic E-state index is 12.0. The van der Waals surface area contributed by atoms with Crippen LogP contribution in [0.1, 0.15) is 40.8 Å². The Bertz CT molecular complexity index is 501. The number of carbonyl (C=O) groups is 2. The van der Waals surface area contributed by atoms with Gasteiger partial charge in [-0.15, -0.1) is 0 Å². The summed E-state index contributed by atoms with van der Waals surface area (Å²) in [6.07, 6.45) is -0.435. The van der Waals surface area contributed by atoms with Crippen LogP contribution >= 0.6 is 0 Å². The van der Waals surface area contributed by atoms with Crippen molar-refractivity contribution in [2.24, 2.45) is 0 Å². The summed E-state index contributed by atoms with van der Waals surface area (Å²) in [5.74, 6) is -0.325. The van der Waals surface area contributed by atoms with Crippen molar-refractivity contribution in [3.63, 3.8) is 0 Å². The fourth-order valence-electron chi connectivity index (χ4n) is 1.87. The molecule has 1 unspecified atom stereocenters. The van der Waals surface area contributed by atoms with Gasteiger partial charge >= 0.3 is 5.97 Å². The average molecular weight is 269 g/mol. The molecule has 0 radical (unpaired) electrons. The molecular weight excluding hydrogens is 250 g/mol. The highest BCUT2D eigenvalue weighted by atomic mass is 16.4. The van der Waals surface area contributed by atoms with Crippen LogP contribution in [0, 0.1) is 20.8 Å². The van der Waals surface area contributed by atoms with Gasteiger partial charge in [-0.05, 0) is 27.7 Å². The van der Waals surface area contributed by atoms with E-state index in [0.29, 0.717) is 17.1 Å². The Kier molecular flexibility index (Phi) is 4.36. The smallest absolute Gasteiger partial charge is 0.306 e. The molecule has 0 saturated carbocycles. The monoisotopic (exact) mass is 269 g/mol. The van der Waals surface area contributed by atoms with Crippen molar-refractivity contribution in [2.45, 2.75) is 39.7 Å². The summed E-state index contributed by atoms with van der Waals surface area (Å²) >= 11 is 0. The largest absolute Gasteiger partial charge is 0.481 e. The molecule has 3 N–H and O–H groups in total. The molecule has 1 amide bonds. The topological polar surface area (TPSA) is 99.8 Å². The van der Waals surface area contributed by atoms with Crippen LogP contribution in [-0.4, -0.2) is 34.2 Å². The second-order valence-corrected chi connectivity index (χ2v) is 4.96. The number of aliphatic carboxylic acids is 1. The maximum atomic E-state index is 12.0. The van der Waals surface area contributed by atoms with Gasteiger partial charge in [0.1, 0.15) is 11.5 Å². The van der Waals surface area contributed by atoms with E-state index in [0.717, 1.165) is 5.56 Å². The van der Waals surface area contributed by atoms with Crippen LogP contribution in [0.4, 0.5) is 0 Å². The van der Waals surface area contributed by atoms with E-state index in [1.807, 2.05) is 0 Å². The van der Waals surface area contributed by atoms with E-state index >= 15 is 0 Å². The van der Waals surface area contributed by atoms with Crippen molar-refractivity contribution in [1.82, 2.24) is 5.32 Å². The highest BCUT2D eigenvalue weighted by Crippen LogP contribution is 2.20. The molecule has 1 atom stereocenters. The van der Waals surface area contributed by atoms with Gasteiger partial charge in [-0.1, -0.05) is 0 Å². The first kappa shape index (κ1) is 15.2. The minimum Gasteiger partial charge on any atom is -0.481 e. The fraction of sp³-hybridized carbons (Fsp3) is 0.538. The van der Waals surface area contributed by atoms with Gasteiger partial charge in [-0.2, -0.15) is 0 Å². The highest BCUT2D eigenvalue weighted by molar-refractivity contribution is 5.96. The molecule has 1 heterocycles. The highest BCUT2D eigenvalue weighted by Gasteiger charge is 2.26. The molecule has 0 bridgehead atoms. The lowest BCUT2D eigenvalue weighted by molar-refractivity contribution is -0.141. The van der Waals surface area contributed by atoms with Gasteiger partial charge in [0.05, 0.1) is 17.6 Å². The normalized spacial score (nSPS) is 13.9. The minimum atomic E-state index is -1.48. The second-order valence-electron chi connectivity index (χ2n) is 4.96. The number of rotatable bonds is 5. The van der Waals surface area contributed by atoms with E-state index in [1.165, 1.54) is 6.92 Å². The van der Waals surface area contributed by atoms with E-state index in [-0.39, 0.29) is 12.5 Å². The van der Waals surface area contributed by atoms with Crippen molar-refractivity contribution in [1.29, 1.82) is 0 Å².